The highest BCUT2D eigenvalue weighted by atomic mass is 79.9. The molecule has 1 aromatic rings. The Morgan fingerprint density at radius 1 is 1.05 bits per heavy atom. The molecule has 0 radical (unpaired) electrons. The van der Waals surface area contributed by atoms with E-state index in [4.69, 9.17) is 0 Å². The summed E-state index contributed by atoms with van der Waals surface area (Å²) in [6.07, 6.45) is -10.2. The van der Waals surface area contributed by atoms with E-state index in [-0.39, 0.29) is 23.1 Å². The molecule has 0 spiro atoms. The van der Waals surface area contributed by atoms with Crippen molar-refractivity contribution in [3.63, 3.8) is 0 Å². The molecule has 0 amide bonds. The largest absolute Gasteiger partial charge is 0.418 e. The summed E-state index contributed by atoms with van der Waals surface area (Å²) in [4.78, 5) is 0. The van der Waals surface area contributed by atoms with Gasteiger partial charge in [-0.15, -0.1) is 0 Å². The Morgan fingerprint density at radius 3 is 2.21 bits per heavy atom. The van der Waals surface area contributed by atoms with Gasteiger partial charge in [-0.25, -0.2) is 0 Å². The first-order valence-corrected chi connectivity index (χ1v) is 6.06. The van der Waals surface area contributed by atoms with Crippen LogP contribution in [0.3, 0.4) is 0 Å². The van der Waals surface area contributed by atoms with Gasteiger partial charge in [0.25, 0.3) is 0 Å². The molecule has 19 heavy (non-hydrogen) atoms. The van der Waals surface area contributed by atoms with Gasteiger partial charge in [-0.05, 0) is 24.6 Å². The second kappa shape index (κ2) is 6.02. The van der Waals surface area contributed by atoms with Crippen LogP contribution in [0.1, 0.15) is 18.4 Å². The van der Waals surface area contributed by atoms with Crippen molar-refractivity contribution in [3.05, 3.63) is 28.2 Å². The van der Waals surface area contributed by atoms with Crippen LogP contribution in [0, 0.1) is 0 Å². The summed E-state index contributed by atoms with van der Waals surface area (Å²) in [6, 6.07) is 3.45. The summed E-state index contributed by atoms with van der Waals surface area (Å²) < 4.78 is 74.0. The lowest BCUT2D eigenvalue weighted by atomic mass is 10.1. The van der Waals surface area contributed by atoms with Gasteiger partial charge >= 0.3 is 12.4 Å². The van der Waals surface area contributed by atoms with Gasteiger partial charge in [-0.2, -0.15) is 26.3 Å². The van der Waals surface area contributed by atoms with E-state index in [1.54, 1.807) is 0 Å². The highest BCUT2D eigenvalue weighted by Crippen LogP contribution is 2.36. The average molecular weight is 350 g/mol. The van der Waals surface area contributed by atoms with Crippen LogP contribution in [-0.2, 0) is 6.18 Å². The highest BCUT2D eigenvalue weighted by Gasteiger charge is 2.33. The van der Waals surface area contributed by atoms with E-state index in [9.17, 15) is 26.3 Å². The zero-order valence-corrected chi connectivity index (χ0v) is 11.1. The first kappa shape index (κ1) is 16.1. The second-order valence-corrected chi connectivity index (χ2v) is 4.75. The Labute approximate surface area is 114 Å². The molecule has 0 aliphatic rings. The molecule has 8 heteroatoms. The van der Waals surface area contributed by atoms with Crippen LogP contribution in [0.25, 0.3) is 0 Å². The molecule has 1 rings (SSSR count). The Hall–Kier alpha value is -0.920. The van der Waals surface area contributed by atoms with Gasteiger partial charge in [-0.1, -0.05) is 15.9 Å². The number of hydrogen-bond acceptors (Lipinski definition) is 1. The van der Waals surface area contributed by atoms with Gasteiger partial charge in [0.05, 0.1) is 5.56 Å². The minimum Gasteiger partial charge on any atom is -0.385 e. The number of rotatable bonds is 4. The van der Waals surface area contributed by atoms with Crippen molar-refractivity contribution < 1.29 is 26.3 Å². The number of alkyl halides is 6. The minimum atomic E-state index is -4.56. The Kier molecular flexibility index (Phi) is 5.11. The van der Waals surface area contributed by atoms with Crippen LogP contribution in [0.2, 0.25) is 0 Å². The fourth-order valence-electron chi connectivity index (χ4n) is 1.42. The van der Waals surface area contributed by atoms with Crippen molar-refractivity contribution in [1.29, 1.82) is 0 Å². The molecule has 0 aliphatic heterocycles. The van der Waals surface area contributed by atoms with Crippen molar-refractivity contribution in [2.24, 2.45) is 0 Å². The SMILES string of the molecule is FC(F)(F)CCCNc1ccc(Br)cc1C(F)(F)F. The maximum Gasteiger partial charge on any atom is 0.418 e. The highest BCUT2D eigenvalue weighted by molar-refractivity contribution is 9.10. The summed E-state index contributed by atoms with van der Waals surface area (Å²) in [5.41, 5.74) is -1.13. The van der Waals surface area contributed by atoms with Gasteiger partial charge in [0.1, 0.15) is 0 Å². The van der Waals surface area contributed by atoms with Gasteiger partial charge in [-0.3, -0.25) is 0 Å². The van der Waals surface area contributed by atoms with E-state index >= 15 is 0 Å². The van der Waals surface area contributed by atoms with Gasteiger partial charge < -0.3 is 5.32 Å². The van der Waals surface area contributed by atoms with Crippen molar-refractivity contribution in [2.75, 3.05) is 11.9 Å². The molecule has 0 aliphatic carbocycles. The first-order chi connectivity index (χ1) is 8.59. The van der Waals surface area contributed by atoms with E-state index in [2.05, 4.69) is 21.2 Å². The van der Waals surface area contributed by atoms with Crippen LogP contribution in [0.4, 0.5) is 32.0 Å². The fourth-order valence-corrected chi connectivity index (χ4v) is 1.78. The Balaban J connectivity index is 2.68. The van der Waals surface area contributed by atoms with Crippen LogP contribution < -0.4 is 5.32 Å². The van der Waals surface area contributed by atoms with Crippen molar-refractivity contribution in [1.82, 2.24) is 0 Å². The molecular formula is C11H10BrF6N. The quantitative estimate of drug-likeness (QED) is 0.580. The predicted molar refractivity (Wildman–Crippen MR) is 62.9 cm³/mol. The summed E-state index contributed by atoms with van der Waals surface area (Å²) in [5.74, 6) is 0. The fraction of sp³-hybridized carbons (Fsp3) is 0.455. The number of benzene rings is 1. The van der Waals surface area contributed by atoms with Crippen molar-refractivity contribution in [2.45, 2.75) is 25.2 Å². The zero-order chi connectivity index (χ0) is 14.7. The van der Waals surface area contributed by atoms with E-state index < -0.39 is 24.3 Å². The van der Waals surface area contributed by atoms with Crippen molar-refractivity contribution in [3.8, 4) is 0 Å². The molecule has 0 atom stereocenters. The average Bonchev–Trinajstić information content (AvgIpc) is 2.23. The van der Waals surface area contributed by atoms with Crippen LogP contribution in [0.5, 0.6) is 0 Å². The number of hydrogen-bond donors (Lipinski definition) is 1. The summed E-state index contributed by atoms with van der Waals surface area (Å²) >= 11 is 2.92. The monoisotopic (exact) mass is 349 g/mol. The Morgan fingerprint density at radius 2 is 1.68 bits per heavy atom. The Bertz CT molecular complexity index is 426. The second-order valence-electron chi connectivity index (χ2n) is 3.83. The van der Waals surface area contributed by atoms with Gasteiger partial charge in [0.15, 0.2) is 0 Å². The normalized spacial score (nSPS) is 12.6. The molecule has 1 aromatic carbocycles. The molecule has 1 N–H and O–H groups in total. The number of nitrogens with one attached hydrogen (secondary N) is 1. The summed E-state index contributed by atoms with van der Waals surface area (Å²) in [6.45, 7) is -0.176. The molecule has 0 heterocycles. The minimum absolute atomic E-state index is 0.176. The maximum absolute atomic E-state index is 12.7. The van der Waals surface area contributed by atoms with E-state index in [1.807, 2.05) is 0 Å². The molecule has 0 fully saturated rings. The molecule has 0 saturated carbocycles. The maximum atomic E-state index is 12.7. The molecule has 1 nitrogen and oxygen atoms in total. The lowest BCUT2D eigenvalue weighted by molar-refractivity contribution is -0.137. The first-order valence-electron chi connectivity index (χ1n) is 5.27. The standard InChI is InChI=1S/C11H10BrF6N/c12-7-2-3-9(8(6-7)11(16,17)18)19-5-1-4-10(13,14)15/h2-3,6,19H,1,4-5H2. The number of halogens is 7. The molecule has 0 unspecified atom stereocenters. The van der Waals surface area contributed by atoms with Crippen LogP contribution >= 0.6 is 15.9 Å². The smallest absolute Gasteiger partial charge is 0.385 e. The van der Waals surface area contributed by atoms with Gasteiger partial charge in [0, 0.05) is 23.1 Å². The third kappa shape index (κ3) is 5.71. The molecule has 0 aromatic heterocycles. The third-order valence-electron chi connectivity index (χ3n) is 2.24. The van der Waals surface area contributed by atoms with Gasteiger partial charge in [0.2, 0.25) is 0 Å². The summed E-state index contributed by atoms with van der Waals surface area (Å²) in [7, 11) is 0. The lowest BCUT2D eigenvalue weighted by Crippen LogP contribution is -2.14. The van der Waals surface area contributed by atoms with Crippen LogP contribution in [-0.4, -0.2) is 12.7 Å². The predicted octanol–water partition coefficient (Wildman–Crippen LogP) is 5.22. The third-order valence-corrected chi connectivity index (χ3v) is 2.73. The van der Waals surface area contributed by atoms with Crippen LogP contribution in [0.15, 0.2) is 22.7 Å². The molecule has 0 saturated heterocycles. The van der Waals surface area contributed by atoms with Crippen molar-refractivity contribution >= 4 is 21.6 Å². The topological polar surface area (TPSA) is 12.0 Å². The number of anilines is 1. The van der Waals surface area contributed by atoms with E-state index in [0.29, 0.717) is 0 Å². The van der Waals surface area contributed by atoms with E-state index in [1.165, 1.54) is 12.1 Å². The molecule has 108 valence electrons. The van der Waals surface area contributed by atoms with E-state index in [0.717, 1.165) is 6.07 Å². The zero-order valence-electron chi connectivity index (χ0n) is 9.50. The molecule has 0 bridgehead atoms. The lowest BCUT2D eigenvalue weighted by Gasteiger charge is -2.15. The molecular weight excluding hydrogens is 340 g/mol. The summed E-state index contributed by atoms with van der Waals surface area (Å²) in [5, 5.41) is 2.38.